The van der Waals surface area contributed by atoms with Gasteiger partial charge in [0.2, 0.25) is 0 Å². The first kappa shape index (κ1) is 24.2. The standard InChI is InChI=1S/C24H43BO2/c1-3-5-7-9-11-13-15-17-22-19-23(21-24(20-22)25(26)27)18-16-14-12-10-8-6-4-2/h19-21,26-27H,3-18H2,1-2H3. The molecular formula is C24H43BO2. The Balaban J connectivity index is 2.37. The van der Waals surface area contributed by atoms with E-state index in [2.05, 4.69) is 19.9 Å². The maximum atomic E-state index is 9.61. The van der Waals surface area contributed by atoms with Gasteiger partial charge in [-0.25, -0.2) is 0 Å². The summed E-state index contributed by atoms with van der Waals surface area (Å²) in [4.78, 5) is 0. The average molecular weight is 374 g/mol. The minimum absolute atomic E-state index is 0.661. The highest BCUT2D eigenvalue weighted by Crippen LogP contribution is 2.14. The summed E-state index contributed by atoms with van der Waals surface area (Å²) in [6, 6.07) is 6.26. The zero-order valence-electron chi connectivity index (χ0n) is 18.0. The van der Waals surface area contributed by atoms with Crippen molar-refractivity contribution in [3.05, 3.63) is 29.3 Å². The van der Waals surface area contributed by atoms with Crippen LogP contribution in [0.2, 0.25) is 0 Å². The molecule has 1 aromatic rings. The van der Waals surface area contributed by atoms with E-state index >= 15 is 0 Å². The van der Waals surface area contributed by atoms with Crippen molar-refractivity contribution < 1.29 is 10.0 Å². The Morgan fingerprint density at radius 1 is 0.556 bits per heavy atom. The van der Waals surface area contributed by atoms with Crippen LogP contribution in [0.5, 0.6) is 0 Å². The summed E-state index contributed by atoms with van der Waals surface area (Å²) in [7, 11) is -1.35. The van der Waals surface area contributed by atoms with Crippen LogP contribution in [0.4, 0.5) is 0 Å². The lowest BCUT2D eigenvalue weighted by atomic mass is 9.78. The maximum Gasteiger partial charge on any atom is 0.488 e. The van der Waals surface area contributed by atoms with Crippen molar-refractivity contribution in [2.24, 2.45) is 0 Å². The third-order valence-electron chi connectivity index (χ3n) is 5.51. The quantitative estimate of drug-likeness (QED) is 0.261. The van der Waals surface area contributed by atoms with Crippen molar-refractivity contribution in [1.82, 2.24) is 0 Å². The largest absolute Gasteiger partial charge is 0.488 e. The molecule has 0 saturated heterocycles. The highest BCUT2D eigenvalue weighted by molar-refractivity contribution is 6.58. The maximum absolute atomic E-state index is 9.61. The fourth-order valence-electron chi connectivity index (χ4n) is 3.80. The second kappa shape index (κ2) is 16.2. The molecule has 0 heterocycles. The molecule has 1 aromatic carbocycles. The average Bonchev–Trinajstić information content (AvgIpc) is 2.66. The first-order valence-corrected chi connectivity index (χ1v) is 11.7. The van der Waals surface area contributed by atoms with Gasteiger partial charge in [0, 0.05) is 0 Å². The molecule has 0 amide bonds. The molecule has 2 nitrogen and oxygen atoms in total. The molecule has 0 radical (unpaired) electrons. The molecule has 0 atom stereocenters. The van der Waals surface area contributed by atoms with Crippen molar-refractivity contribution in [3.8, 4) is 0 Å². The molecule has 0 aliphatic heterocycles. The minimum Gasteiger partial charge on any atom is -0.423 e. The first-order valence-electron chi connectivity index (χ1n) is 11.7. The fourth-order valence-corrected chi connectivity index (χ4v) is 3.80. The van der Waals surface area contributed by atoms with E-state index in [1.807, 2.05) is 12.1 Å². The Morgan fingerprint density at radius 3 is 1.30 bits per heavy atom. The third-order valence-corrected chi connectivity index (χ3v) is 5.51. The number of aryl methyl sites for hydroxylation is 2. The van der Waals surface area contributed by atoms with Gasteiger partial charge in [0.05, 0.1) is 0 Å². The van der Waals surface area contributed by atoms with Crippen molar-refractivity contribution in [2.75, 3.05) is 0 Å². The summed E-state index contributed by atoms with van der Waals surface area (Å²) in [5.41, 5.74) is 3.20. The minimum atomic E-state index is -1.35. The molecule has 0 aliphatic carbocycles. The summed E-state index contributed by atoms with van der Waals surface area (Å²) < 4.78 is 0. The SMILES string of the molecule is CCCCCCCCCc1cc(CCCCCCCCC)cc(B(O)O)c1. The monoisotopic (exact) mass is 374 g/mol. The Kier molecular flexibility index (Phi) is 14.5. The highest BCUT2D eigenvalue weighted by Gasteiger charge is 2.13. The molecular weight excluding hydrogens is 331 g/mol. The molecule has 0 unspecified atom stereocenters. The predicted molar refractivity (Wildman–Crippen MR) is 120 cm³/mol. The van der Waals surface area contributed by atoms with Crippen molar-refractivity contribution >= 4 is 12.6 Å². The summed E-state index contributed by atoms with van der Waals surface area (Å²) in [5.74, 6) is 0. The molecule has 27 heavy (non-hydrogen) atoms. The lowest BCUT2D eigenvalue weighted by Gasteiger charge is -2.10. The van der Waals surface area contributed by atoms with Crippen LogP contribution >= 0.6 is 0 Å². The van der Waals surface area contributed by atoms with Crippen LogP contribution in [-0.2, 0) is 12.8 Å². The molecule has 1 rings (SSSR count). The van der Waals surface area contributed by atoms with Gasteiger partial charge in [0.25, 0.3) is 0 Å². The van der Waals surface area contributed by atoms with Gasteiger partial charge < -0.3 is 10.0 Å². The second-order valence-electron chi connectivity index (χ2n) is 8.20. The topological polar surface area (TPSA) is 40.5 Å². The normalized spacial score (nSPS) is 11.1. The zero-order valence-corrected chi connectivity index (χ0v) is 18.0. The number of unbranched alkanes of at least 4 members (excludes halogenated alkanes) is 12. The van der Waals surface area contributed by atoms with E-state index in [1.54, 1.807) is 0 Å². The molecule has 0 aliphatic rings. The predicted octanol–water partition coefficient (Wildman–Crippen LogP) is 5.95. The number of hydrogen-bond acceptors (Lipinski definition) is 2. The number of rotatable bonds is 17. The molecule has 0 spiro atoms. The Labute approximate surface area is 168 Å². The molecule has 0 saturated carbocycles. The zero-order chi connectivity index (χ0) is 19.7. The smallest absolute Gasteiger partial charge is 0.423 e. The fraction of sp³-hybridized carbons (Fsp3) is 0.750. The summed E-state index contributed by atoms with van der Waals surface area (Å²) in [6.45, 7) is 4.51. The van der Waals surface area contributed by atoms with Crippen LogP contribution in [-0.4, -0.2) is 17.2 Å². The van der Waals surface area contributed by atoms with Gasteiger partial charge in [-0.3, -0.25) is 0 Å². The molecule has 2 N–H and O–H groups in total. The van der Waals surface area contributed by atoms with E-state index < -0.39 is 7.12 Å². The van der Waals surface area contributed by atoms with E-state index in [0.717, 1.165) is 12.8 Å². The Bertz CT molecular complexity index is 437. The van der Waals surface area contributed by atoms with Gasteiger partial charge in [-0.2, -0.15) is 0 Å². The molecule has 0 fully saturated rings. The second-order valence-corrected chi connectivity index (χ2v) is 8.20. The van der Waals surface area contributed by atoms with Crippen molar-refractivity contribution in [3.63, 3.8) is 0 Å². The van der Waals surface area contributed by atoms with Crippen LogP contribution in [0.15, 0.2) is 18.2 Å². The summed E-state index contributed by atoms with van der Waals surface area (Å²) in [5, 5.41) is 19.2. The van der Waals surface area contributed by atoms with Crippen LogP contribution < -0.4 is 5.46 Å². The van der Waals surface area contributed by atoms with Crippen LogP contribution in [0.3, 0.4) is 0 Å². The van der Waals surface area contributed by atoms with E-state index in [0.29, 0.717) is 5.46 Å². The number of hydrogen-bond donors (Lipinski definition) is 2. The highest BCUT2D eigenvalue weighted by atomic mass is 16.4. The van der Waals surface area contributed by atoms with Crippen molar-refractivity contribution in [2.45, 2.75) is 117 Å². The van der Waals surface area contributed by atoms with Gasteiger partial charge in [-0.05, 0) is 42.3 Å². The molecule has 154 valence electrons. The summed E-state index contributed by atoms with van der Waals surface area (Å²) in [6.07, 6.45) is 20.5. The molecule has 3 heteroatoms. The third kappa shape index (κ3) is 12.3. The summed E-state index contributed by atoms with van der Waals surface area (Å²) >= 11 is 0. The van der Waals surface area contributed by atoms with E-state index in [-0.39, 0.29) is 0 Å². The Hall–Kier alpha value is -0.795. The lowest BCUT2D eigenvalue weighted by molar-refractivity contribution is 0.425. The molecule has 0 aromatic heterocycles. The Morgan fingerprint density at radius 2 is 0.926 bits per heavy atom. The van der Waals surface area contributed by atoms with Crippen LogP contribution in [0.25, 0.3) is 0 Å². The number of benzene rings is 1. The van der Waals surface area contributed by atoms with Crippen LogP contribution in [0, 0.1) is 0 Å². The van der Waals surface area contributed by atoms with Gasteiger partial charge in [-0.1, -0.05) is 109 Å². The van der Waals surface area contributed by atoms with E-state index in [4.69, 9.17) is 0 Å². The van der Waals surface area contributed by atoms with E-state index in [9.17, 15) is 10.0 Å². The first-order chi connectivity index (χ1) is 13.2. The van der Waals surface area contributed by atoms with Crippen molar-refractivity contribution in [1.29, 1.82) is 0 Å². The van der Waals surface area contributed by atoms with Crippen LogP contribution in [0.1, 0.15) is 115 Å². The van der Waals surface area contributed by atoms with E-state index in [1.165, 1.54) is 101 Å². The van der Waals surface area contributed by atoms with Gasteiger partial charge >= 0.3 is 7.12 Å². The van der Waals surface area contributed by atoms with Gasteiger partial charge in [0.1, 0.15) is 0 Å². The van der Waals surface area contributed by atoms with Gasteiger partial charge in [0.15, 0.2) is 0 Å². The van der Waals surface area contributed by atoms with Gasteiger partial charge in [-0.15, -0.1) is 0 Å². The lowest BCUT2D eigenvalue weighted by Crippen LogP contribution is -2.30. The molecule has 0 bridgehead atoms.